The second-order valence-corrected chi connectivity index (χ2v) is 3.82. The van der Waals surface area contributed by atoms with Gasteiger partial charge in [-0.05, 0) is 25.5 Å². The second kappa shape index (κ2) is 8.25. The highest BCUT2D eigenvalue weighted by molar-refractivity contribution is 5.92. The van der Waals surface area contributed by atoms with Crippen molar-refractivity contribution in [3.05, 3.63) is 35.9 Å². The van der Waals surface area contributed by atoms with Crippen LogP contribution in [0, 0.1) is 5.92 Å². The minimum absolute atomic E-state index is 0.379. The minimum atomic E-state index is -0.924. The fourth-order valence-electron chi connectivity index (χ4n) is 1.32. The molecular weight excluding hydrogens is 234 g/mol. The zero-order valence-electron chi connectivity index (χ0n) is 10.5. The third-order valence-electron chi connectivity index (χ3n) is 2.40. The maximum atomic E-state index is 10.4. The number of hydrogen-bond acceptors (Lipinski definition) is 3. The Labute approximate surface area is 106 Å². The molecule has 5 nitrogen and oxygen atoms in total. The van der Waals surface area contributed by atoms with Gasteiger partial charge in [-0.1, -0.05) is 25.1 Å². The summed E-state index contributed by atoms with van der Waals surface area (Å²) in [5.74, 6) is -1.91. The molecule has 5 heteroatoms. The number of aliphatic hydroxyl groups excluding tert-OH is 1. The fraction of sp³-hybridized carbons (Fsp3) is 0.385. The molecule has 0 spiro atoms. The van der Waals surface area contributed by atoms with Crippen LogP contribution in [0.5, 0.6) is 0 Å². The molecule has 0 fully saturated rings. The first-order valence-corrected chi connectivity index (χ1v) is 5.65. The van der Waals surface area contributed by atoms with Gasteiger partial charge in [0.05, 0.1) is 12.0 Å². The van der Waals surface area contributed by atoms with E-state index in [4.69, 9.17) is 15.9 Å². The summed E-state index contributed by atoms with van der Waals surface area (Å²) in [7, 11) is 0. The SMILES string of the molecule is CC[C@H](C(=O)O)[C@@H](C)O.NC(=O)c1ccccc1. The van der Waals surface area contributed by atoms with Crippen LogP contribution >= 0.6 is 0 Å². The van der Waals surface area contributed by atoms with Gasteiger partial charge in [-0.2, -0.15) is 0 Å². The lowest BCUT2D eigenvalue weighted by atomic mass is 10.0. The Hall–Kier alpha value is -1.88. The number of carbonyl (C=O) groups excluding carboxylic acids is 1. The van der Waals surface area contributed by atoms with Crippen LogP contribution in [0.1, 0.15) is 30.6 Å². The number of carboxylic acids is 1. The monoisotopic (exact) mass is 253 g/mol. The van der Waals surface area contributed by atoms with Crippen molar-refractivity contribution in [2.45, 2.75) is 26.4 Å². The van der Waals surface area contributed by atoms with Crippen molar-refractivity contribution in [3.8, 4) is 0 Å². The van der Waals surface area contributed by atoms with Gasteiger partial charge in [-0.3, -0.25) is 9.59 Å². The molecule has 0 aromatic heterocycles. The quantitative estimate of drug-likeness (QED) is 0.752. The maximum absolute atomic E-state index is 10.4. The number of amides is 1. The van der Waals surface area contributed by atoms with Gasteiger partial charge in [0.15, 0.2) is 0 Å². The van der Waals surface area contributed by atoms with Crippen LogP contribution in [0.25, 0.3) is 0 Å². The van der Waals surface area contributed by atoms with E-state index in [1.165, 1.54) is 6.92 Å². The van der Waals surface area contributed by atoms with E-state index >= 15 is 0 Å². The predicted molar refractivity (Wildman–Crippen MR) is 68.1 cm³/mol. The van der Waals surface area contributed by atoms with E-state index in [0.29, 0.717) is 12.0 Å². The molecule has 0 aliphatic heterocycles. The summed E-state index contributed by atoms with van der Waals surface area (Å²) in [6.07, 6.45) is -0.264. The lowest BCUT2D eigenvalue weighted by molar-refractivity contribution is -0.145. The molecule has 1 aromatic rings. The van der Waals surface area contributed by atoms with E-state index in [0.717, 1.165) is 0 Å². The van der Waals surface area contributed by atoms with Crippen LogP contribution in [0.15, 0.2) is 30.3 Å². The third kappa shape index (κ3) is 6.00. The molecule has 4 N–H and O–H groups in total. The summed E-state index contributed by atoms with van der Waals surface area (Å²) in [6.45, 7) is 3.23. The minimum Gasteiger partial charge on any atom is -0.481 e. The Morgan fingerprint density at radius 2 is 1.78 bits per heavy atom. The molecule has 0 unspecified atom stereocenters. The van der Waals surface area contributed by atoms with E-state index in [9.17, 15) is 9.59 Å². The van der Waals surface area contributed by atoms with E-state index < -0.39 is 18.0 Å². The molecule has 1 rings (SSSR count). The average molecular weight is 253 g/mol. The summed E-state index contributed by atoms with van der Waals surface area (Å²) in [6, 6.07) is 8.76. The Kier molecular flexibility index (Phi) is 7.38. The number of rotatable bonds is 4. The molecule has 18 heavy (non-hydrogen) atoms. The summed E-state index contributed by atoms with van der Waals surface area (Å²) >= 11 is 0. The molecule has 0 aliphatic rings. The molecular formula is C13H19NO4. The first kappa shape index (κ1) is 16.1. The van der Waals surface area contributed by atoms with Crippen molar-refractivity contribution in [2.75, 3.05) is 0 Å². The Morgan fingerprint density at radius 3 is 1.94 bits per heavy atom. The van der Waals surface area contributed by atoms with Crippen LogP contribution in [0.2, 0.25) is 0 Å². The molecule has 0 saturated carbocycles. The lowest BCUT2D eigenvalue weighted by Gasteiger charge is -2.11. The molecule has 0 heterocycles. The average Bonchev–Trinajstić information content (AvgIpc) is 2.30. The maximum Gasteiger partial charge on any atom is 0.309 e. The molecule has 0 radical (unpaired) electrons. The molecule has 0 saturated heterocycles. The number of aliphatic carboxylic acids is 1. The van der Waals surface area contributed by atoms with E-state index in [2.05, 4.69) is 0 Å². The third-order valence-corrected chi connectivity index (χ3v) is 2.40. The number of hydrogen-bond donors (Lipinski definition) is 3. The van der Waals surface area contributed by atoms with Crippen LogP contribution in [0.4, 0.5) is 0 Å². The predicted octanol–water partition coefficient (Wildman–Crippen LogP) is 1.26. The molecule has 0 aliphatic carbocycles. The number of carboxylic acid groups (broad SMARTS) is 1. The van der Waals surface area contributed by atoms with Crippen molar-refractivity contribution in [1.29, 1.82) is 0 Å². The molecule has 2 atom stereocenters. The lowest BCUT2D eigenvalue weighted by Crippen LogP contribution is -2.24. The molecule has 100 valence electrons. The Morgan fingerprint density at radius 1 is 1.28 bits per heavy atom. The highest BCUT2D eigenvalue weighted by atomic mass is 16.4. The first-order chi connectivity index (χ1) is 8.40. The van der Waals surface area contributed by atoms with Crippen molar-refractivity contribution in [2.24, 2.45) is 11.7 Å². The summed E-state index contributed by atoms with van der Waals surface area (Å²) in [5.41, 5.74) is 5.53. The standard InChI is InChI=1S/C7H7NO.C6H12O3/c8-7(9)6-4-2-1-3-5-6;1-3-5(4(2)7)6(8)9/h1-5H,(H2,8,9);4-5,7H,3H2,1-2H3,(H,8,9)/t;4-,5+/m.1/s1. The van der Waals surface area contributed by atoms with Crippen molar-refractivity contribution >= 4 is 11.9 Å². The zero-order chi connectivity index (χ0) is 14.1. The van der Waals surface area contributed by atoms with Gasteiger partial charge < -0.3 is 15.9 Å². The summed E-state index contributed by atoms with van der Waals surface area (Å²) in [5, 5.41) is 17.2. The van der Waals surface area contributed by atoms with E-state index in [1.807, 2.05) is 6.07 Å². The summed E-state index contributed by atoms with van der Waals surface area (Å²) in [4.78, 5) is 20.6. The smallest absolute Gasteiger partial charge is 0.309 e. The Bertz CT molecular complexity index is 376. The van der Waals surface area contributed by atoms with Crippen LogP contribution in [-0.2, 0) is 4.79 Å². The first-order valence-electron chi connectivity index (χ1n) is 5.65. The second-order valence-electron chi connectivity index (χ2n) is 3.82. The molecule has 1 amide bonds. The highest BCUT2D eigenvalue weighted by Crippen LogP contribution is 2.07. The van der Waals surface area contributed by atoms with Crippen molar-refractivity contribution in [3.63, 3.8) is 0 Å². The van der Waals surface area contributed by atoms with Gasteiger partial charge in [-0.15, -0.1) is 0 Å². The normalized spacial score (nSPS) is 12.8. The molecule has 0 bridgehead atoms. The van der Waals surface area contributed by atoms with Crippen LogP contribution in [0.3, 0.4) is 0 Å². The van der Waals surface area contributed by atoms with Gasteiger partial charge in [0.1, 0.15) is 0 Å². The molecule has 1 aromatic carbocycles. The summed E-state index contributed by atoms with van der Waals surface area (Å²) < 4.78 is 0. The number of nitrogens with two attached hydrogens (primary N) is 1. The highest BCUT2D eigenvalue weighted by Gasteiger charge is 2.19. The van der Waals surface area contributed by atoms with Crippen LogP contribution in [-0.4, -0.2) is 28.2 Å². The van der Waals surface area contributed by atoms with E-state index in [-0.39, 0.29) is 5.91 Å². The zero-order valence-corrected chi connectivity index (χ0v) is 10.5. The largest absolute Gasteiger partial charge is 0.481 e. The number of carbonyl (C=O) groups is 2. The van der Waals surface area contributed by atoms with Gasteiger partial charge in [0.25, 0.3) is 0 Å². The van der Waals surface area contributed by atoms with Gasteiger partial charge in [-0.25, -0.2) is 0 Å². The van der Waals surface area contributed by atoms with Gasteiger partial charge in [0.2, 0.25) is 5.91 Å². The topological polar surface area (TPSA) is 101 Å². The van der Waals surface area contributed by atoms with Gasteiger partial charge in [0, 0.05) is 5.56 Å². The van der Waals surface area contributed by atoms with Crippen LogP contribution < -0.4 is 5.73 Å². The van der Waals surface area contributed by atoms with Gasteiger partial charge >= 0.3 is 5.97 Å². The fourth-order valence-corrected chi connectivity index (χ4v) is 1.32. The van der Waals surface area contributed by atoms with Crippen molar-refractivity contribution < 1.29 is 19.8 Å². The van der Waals surface area contributed by atoms with E-state index in [1.54, 1.807) is 31.2 Å². The Balaban J connectivity index is 0.000000321. The van der Waals surface area contributed by atoms with Crippen molar-refractivity contribution in [1.82, 2.24) is 0 Å². The number of benzene rings is 1. The number of primary amides is 1. The number of aliphatic hydroxyl groups is 1.